The van der Waals surface area contributed by atoms with Crippen LogP contribution in [0.25, 0.3) is 0 Å². The SMILES string of the molecule is COC1(c2ccc(Cl)c(Cc3ccc(OCCOC4CC4)cc3)c2)CC(N)CC(C)O1. The van der Waals surface area contributed by atoms with Gasteiger partial charge in [-0.2, -0.15) is 0 Å². The summed E-state index contributed by atoms with van der Waals surface area (Å²) in [5, 5.41) is 0.723. The molecule has 2 fully saturated rings. The first-order chi connectivity index (χ1) is 15.0. The van der Waals surface area contributed by atoms with Gasteiger partial charge in [0, 0.05) is 30.2 Å². The van der Waals surface area contributed by atoms with Crippen LogP contribution in [-0.4, -0.2) is 38.6 Å². The molecule has 2 aromatic carbocycles. The highest BCUT2D eigenvalue weighted by Gasteiger charge is 2.41. The van der Waals surface area contributed by atoms with Crippen molar-refractivity contribution in [2.75, 3.05) is 20.3 Å². The summed E-state index contributed by atoms with van der Waals surface area (Å²) in [7, 11) is 1.67. The fourth-order valence-corrected chi connectivity index (χ4v) is 4.38. The van der Waals surface area contributed by atoms with Gasteiger partial charge >= 0.3 is 0 Å². The van der Waals surface area contributed by atoms with Gasteiger partial charge in [0.15, 0.2) is 5.79 Å². The molecule has 2 aromatic rings. The third-order valence-electron chi connectivity index (χ3n) is 5.92. The highest BCUT2D eigenvalue weighted by atomic mass is 35.5. The number of hydrogen-bond donors (Lipinski definition) is 1. The Morgan fingerprint density at radius 3 is 2.58 bits per heavy atom. The predicted octanol–water partition coefficient (Wildman–Crippen LogP) is 4.81. The van der Waals surface area contributed by atoms with Crippen LogP contribution in [0.5, 0.6) is 5.75 Å². The summed E-state index contributed by atoms with van der Waals surface area (Å²) >= 11 is 6.53. The fourth-order valence-electron chi connectivity index (χ4n) is 4.19. The molecule has 1 heterocycles. The molecule has 3 atom stereocenters. The molecule has 4 rings (SSSR count). The van der Waals surface area contributed by atoms with Gasteiger partial charge in [-0.25, -0.2) is 0 Å². The molecule has 6 heteroatoms. The normalized spacial score (nSPS) is 26.1. The lowest BCUT2D eigenvalue weighted by atomic mass is 9.90. The van der Waals surface area contributed by atoms with E-state index in [1.165, 1.54) is 12.8 Å². The van der Waals surface area contributed by atoms with Crippen molar-refractivity contribution >= 4 is 11.6 Å². The van der Waals surface area contributed by atoms with E-state index in [4.69, 9.17) is 36.3 Å². The van der Waals surface area contributed by atoms with Crippen molar-refractivity contribution in [3.05, 3.63) is 64.2 Å². The quantitative estimate of drug-likeness (QED) is 0.561. The third kappa shape index (κ3) is 5.79. The first-order valence-electron chi connectivity index (χ1n) is 11.1. The van der Waals surface area contributed by atoms with Gasteiger partial charge in [0.25, 0.3) is 0 Å². The molecular formula is C25H32ClNO4. The Morgan fingerprint density at radius 2 is 1.90 bits per heavy atom. The maximum Gasteiger partial charge on any atom is 0.196 e. The number of benzene rings is 2. The Hall–Kier alpha value is -1.63. The lowest BCUT2D eigenvalue weighted by Gasteiger charge is -2.42. The summed E-state index contributed by atoms with van der Waals surface area (Å²) in [6.07, 6.45) is 5.01. The topological polar surface area (TPSA) is 62.9 Å². The average molecular weight is 446 g/mol. The van der Waals surface area contributed by atoms with Crippen molar-refractivity contribution in [3.8, 4) is 5.75 Å². The zero-order valence-corrected chi connectivity index (χ0v) is 19.1. The molecule has 5 nitrogen and oxygen atoms in total. The molecule has 0 bridgehead atoms. The molecule has 1 saturated heterocycles. The number of ether oxygens (including phenoxy) is 4. The second kappa shape index (κ2) is 9.88. The van der Waals surface area contributed by atoms with E-state index < -0.39 is 5.79 Å². The molecule has 3 unspecified atom stereocenters. The minimum absolute atomic E-state index is 0.0325. The molecule has 1 aliphatic carbocycles. The molecule has 0 amide bonds. The second-order valence-corrected chi connectivity index (χ2v) is 9.04. The molecule has 1 saturated carbocycles. The van der Waals surface area contributed by atoms with Crippen molar-refractivity contribution in [1.29, 1.82) is 0 Å². The van der Waals surface area contributed by atoms with E-state index in [9.17, 15) is 0 Å². The van der Waals surface area contributed by atoms with E-state index >= 15 is 0 Å². The smallest absolute Gasteiger partial charge is 0.196 e. The first-order valence-corrected chi connectivity index (χ1v) is 11.5. The van der Waals surface area contributed by atoms with E-state index in [0.29, 0.717) is 32.2 Å². The molecule has 31 heavy (non-hydrogen) atoms. The minimum atomic E-state index is -0.837. The Bertz CT molecular complexity index is 858. The lowest BCUT2D eigenvalue weighted by Crippen LogP contribution is -2.47. The van der Waals surface area contributed by atoms with Crippen LogP contribution in [0.2, 0.25) is 5.02 Å². The van der Waals surface area contributed by atoms with E-state index in [-0.39, 0.29) is 12.1 Å². The predicted molar refractivity (Wildman–Crippen MR) is 122 cm³/mol. The molecule has 168 valence electrons. The van der Waals surface area contributed by atoms with E-state index in [1.54, 1.807) is 7.11 Å². The van der Waals surface area contributed by atoms with Crippen LogP contribution in [-0.2, 0) is 26.4 Å². The van der Waals surface area contributed by atoms with Crippen LogP contribution in [0.3, 0.4) is 0 Å². The summed E-state index contributed by atoms with van der Waals surface area (Å²) in [5.41, 5.74) is 9.41. The van der Waals surface area contributed by atoms with Crippen molar-refractivity contribution in [1.82, 2.24) is 0 Å². The summed E-state index contributed by atoms with van der Waals surface area (Å²) in [6.45, 7) is 3.25. The van der Waals surface area contributed by atoms with Crippen LogP contribution in [0, 0.1) is 0 Å². The summed E-state index contributed by atoms with van der Waals surface area (Å²) in [5.74, 6) is 0.0105. The number of rotatable bonds is 9. The van der Waals surface area contributed by atoms with Crippen LogP contribution in [0.15, 0.2) is 42.5 Å². The Labute approximate surface area is 189 Å². The van der Waals surface area contributed by atoms with Crippen molar-refractivity contribution < 1.29 is 18.9 Å². The van der Waals surface area contributed by atoms with Gasteiger partial charge in [-0.3, -0.25) is 0 Å². The van der Waals surface area contributed by atoms with Crippen LogP contribution in [0.1, 0.15) is 49.3 Å². The zero-order chi connectivity index (χ0) is 21.8. The molecular weight excluding hydrogens is 414 g/mol. The van der Waals surface area contributed by atoms with Gasteiger partial charge in [0.05, 0.1) is 18.8 Å². The molecule has 0 spiro atoms. The monoisotopic (exact) mass is 445 g/mol. The van der Waals surface area contributed by atoms with Crippen LogP contribution in [0.4, 0.5) is 0 Å². The highest BCUT2D eigenvalue weighted by molar-refractivity contribution is 6.31. The number of hydrogen-bond acceptors (Lipinski definition) is 5. The maximum absolute atomic E-state index is 6.53. The Kier molecular flexibility index (Phi) is 7.19. The molecule has 2 N–H and O–H groups in total. The van der Waals surface area contributed by atoms with E-state index in [1.807, 2.05) is 31.2 Å². The van der Waals surface area contributed by atoms with Crippen molar-refractivity contribution in [2.45, 2.75) is 63.1 Å². The number of methoxy groups -OCH3 is 1. The van der Waals surface area contributed by atoms with Gasteiger partial charge < -0.3 is 24.7 Å². The van der Waals surface area contributed by atoms with Gasteiger partial charge in [-0.15, -0.1) is 0 Å². The number of nitrogens with two attached hydrogens (primary N) is 1. The van der Waals surface area contributed by atoms with Crippen LogP contribution < -0.4 is 10.5 Å². The van der Waals surface area contributed by atoms with Crippen LogP contribution >= 0.6 is 11.6 Å². The van der Waals surface area contributed by atoms with Crippen molar-refractivity contribution in [3.63, 3.8) is 0 Å². The van der Waals surface area contributed by atoms with Gasteiger partial charge in [0.1, 0.15) is 12.4 Å². The second-order valence-electron chi connectivity index (χ2n) is 8.63. The summed E-state index contributed by atoms with van der Waals surface area (Å²) in [6, 6.07) is 14.1. The van der Waals surface area contributed by atoms with Gasteiger partial charge in [-0.1, -0.05) is 29.8 Å². The van der Waals surface area contributed by atoms with E-state index in [0.717, 1.165) is 33.9 Å². The average Bonchev–Trinajstić information content (AvgIpc) is 3.57. The molecule has 2 aliphatic rings. The maximum atomic E-state index is 6.53. The molecule has 0 aromatic heterocycles. The molecule has 0 radical (unpaired) electrons. The summed E-state index contributed by atoms with van der Waals surface area (Å²) in [4.78, 5) is 0. The van der Waals surface area contributed by atoms with Gasteiger partial charge in [-0.05, 0) is 68.0 Å². The third-order valence-corrected chi connectivity index (χ3v) is 6.29. The van der Waals surface area contributed by atoms with Crippen molar-refractivity contribution in [2.24, 2.45) is 5.73 Å². The largest absolute Gasteiger partial charge is 0.491 e. The minimum Gasteiger partial charge on any atom is -0.491 e. The fraction of sp³-hybridized carbons (Fsp3) is 0.520. The Balaban J connectivity index is 1.43. The lowest BCUT2D eigenvalue weighted by molar-refractivity contribution is -0.277. The highest BCUT2D eigenvalue weighted by Crippen LogP contribution is 2.39. The Morgan fingerprint density at radius 1 is 1.13 bits per heavy atom. The zero-order valence-electron chi connectivity index (χ0n) is 18.3. The standard InChI is InChI=1S/C25H32ClNO4/c1-17-13-21(27)16-25(28-2,31-17)20-5-10-24(26)19(15-20)14-18-3-6-22(7-4-18)29-11-12-30-23-8-9-23/h3-7,10,15,17,21,23H,8-9,11-14,16,27H2,1-2H3. The summed E-state index contributed by atoms with van der Waals surface area (Å²) < 4.78 is 23.5. The first kappa shape index (κ1) is 22.6. The van der Waals surface area contributed by atoms with E-state index in [2.05, 4.69) is 18.2 Å². The van der Waals surface area contributed by atoms with Gasteiger partial charge in [0.2, 0.25) is 0 Å². The molecule has 1 aliphatic heterocycles. The number of halogens is 1.